The summed E-state index contributed by atoms with van der Waals surface area (Å²) in [6.45, 7) is 9.31. The number of benzene rings is 2. The summed E-state index contributed by atoms with van der Waals surface area (Å²) in [4.78, 5) is 63.1. The number of carbonyl (C=O) groups excluding carboxylic acids is 5. The highest BCUT2D eigenvalue weighted by Gasteiger charge is 2.32. The van der Waals surface area contributed by atoms with Crippen LogP contribution in [0.1, 0.15) is 109 Å². The Hall–Kier alpha value is -4.01. The van der Waals surface area contributed by atoms with Gasteiger partial charge in [-0.15, -0.1) is 0 Å². The molecule has 0 saturated heterocycles. The Morgan fingerprint density at radius 2 is 1.37 bits per heavy atom. The van der Waals surface area contributed by atoms with Crippen LogP contribution in [0.4, 0.5) is 0 Å². The molecule has 9 nitrogen and oxygen atoms in total. The second kappa shape index (κ2) is 17.1. The van der Waals surface area contributed by atoms with Gasteiger partial charge in [-0.1, -0.05) is 68.8 Å². The van der Waals surface area contributed by atoms with Gasteiger partial charge < -0.3 is 20.5 Å². The van der Waals surface area contributed by atoms with Crippen LogP contribution < -0.4 is 11.1 Å². The summed E-state index contributed by atoms with van der Waals surface area (Å²) in [6, 6.07) is 15.4. The van der Waals surface area contributed by atoms with Gasteiger partial charge >= 0.3 is 11.9 Å². The molecule has 0 unspecified atom stereocenters. The van der Waals surface area contributed by atoms with Crippen molar-refractivity contribution < 1.29 is 33.4 Å². The zero-order chi connectivity index (χ0) is 33.9. The molecule has 1 aliphatic carbocycles. The highest BCUT2D eigenvalue weighted by molar-refractivity contribution is 5.91. The Morgan fingerprint density at radius 1 is 0.804 bits per heavy atom. The third-order valence-corrected chi connectivity index (χ3v) is 8.25. The van der Waals surface area contributed by atoms with Crippen molar-refractivity contribution in [1.82, 2.24) is 5.32 Å². The van der Waals surface area contributed by atoms with E-state index in [0.29, 0.717) is 32.1 Å². The first-order chi connectivity index (χ1) is 21.8. The molecular formula is C37H50N2O7. The molecule has 2 aromatic rings. The van der Waals surface area contributed by atoms with Gasteiger partial charge in [-0.3, -0.25) is 24.0 Å². The molecule has 9 heteroatoms. The van der Waals surface area contributed by atoms with Gasteiger partial charge in [-0.05, 0) is 74.6 Å². The number of nitrogens with two attached hydrogens (primary N) is 1. The topological polar surface area (TPSA) is 142 Å². The lowest BCUT2D eigenvalue weighted by Crippen LogP contribution is -2.45. The number of unbranched alkanes of at least 4 members (excludes halogenated alkanes) is 2. The minimum Gasteiger partial charge on any atom is -0.465 e. The Labute approximate surface area is 273 Å². The predicted molar refractivity (Wildman–Crippen MR) is 177 cm³/mol. The smallest absolute Gasteiger partial charge is 0.306 e. The number of esters is 2. The van der Waals surface area contributed by atoms with Crippen LogP contribution in [-0.2, 0) is 33.4 Å². The molecule has 0 heterocycles. The highest BCUT2D eigenvalue weighted by Crippen LogP contribution is 2.44. The number of ketones is 1. The van der Waals surface area contributed by atoms with Crippen molar-refractivity contribution in [2.45, 2.75) is 110 Å². The van der Waals surface area contributed by atoms with E-state index in [4.69, 9.17) is 15.2 Å². The molecule has 2 atom stereocenters. The van der Waals surface area contributed by atoms with Crippen LogP contribution in [0, 0.1) is 11.8 Å². The van der Waals surface area contributed by atoms with Gasteiger partial charge in [0.15, 0.2) is 5.78 Å². The maximum atomic E-state index is 13.5. The number of nitrogens with one attached hydrogen (secondary N) is 1. The van der Waals surface area contributed by atoms with E-state index in [0.717, 1.165) is 22.3 Å². The molecule has 46 heavy (non-hydrogen) atoms. The van der Waals surface area contributed by atoms with Crippen LogP contribution in [0.15, 0.2) is 48.5 Å². The monoisotopic (exact) mass is 634 g/mol. The quantitative estimate of drug-likeness (QED) is 0.151. The third kappa shape index (κ3) is 11.1. The Balaban J connectivity index is 1.59. The lowest BCUT2D eigenvalue weighted by atomic mass is 9.90. The van der Waals surface area contributed by atoms with E-state index >= 15 is 0 Å². The maximum Gasteiger partial charge on any atom is 0.306 e. The summed E-state index contributed by atoms with van der Waals surface area (Å²) < 4.78 is 11.1. The second-order valence-corrected chi connectivity index (χ2v) is 13.5. The number of primary amides is 1. The average Bonchev–Trinajstić information content (AvgIpc) is 3.30. The highest BCUT2D eigenvalue weighted by atomic mass is 16.6. The van der Waals surface area contributed by atoms with E-state index in [-0.39, 0.29) is 61.8 Å². The molecule has 250 valence electrons. The van der Waals surface area contributed by atoms with E-state index in [1.165, 1.54) is 0 Å². The van der Waals surface area contributed by atoms with Crippen molar-refractivity contribution in [1.29, 1.82) is 0 Å². The maximum absolute atomic E-state index is 13.5. The summed E-state index contributed by atoms with van der Waals surface area (Å²) in [5, 5.41) is 2.89. The molecule has 0 saturated carbocycles. The Bertz CT molecular complexity index is 1330. The zero-order valence-corrected chi connectivity index (χ0v) is 27.9. The molecule has 0 aromatic heterocycles. The van der Waals surface area contributed by atoms with E-state index in [1.54, 1.807) is 20.8 Å². The second-order valence-electron chi connectivity index (χ2n) is 13.5. The lowest BCUT2D eigenvalue weighted by Gasteiger charge is -2.24. The normalized spacial score (nSPS) is 13.8. The molecule has 1 aliphatic rings. The summed E-state index contributed by atoms with van der Waals surface area (Å²) in [7, 11) is 0. The van der Waals surface area contributed by atoms with Gasteiger partial charge in [0.2, 0.25) is 11.8 Å². The minimum absolute atomic E-state index is 0.0830. The average molecular weight is 635 g/mol. The largest absolute Gasteiger partial charge is 0.465 e. The van der Waals surface area contributed by atoms with Gasteiger partial charge in [-0.2, -0.15) is 0 Å². The summed E-state index contributed by atoms with van der Waals surface area (Å²) in [5.41, 5.74) is 9.19. The van der Waals surface area contributed by atoms with Crippen LogP contribution in [-0.4, -0.2) is 47.8 Å². The molecule has 2 aromatic carbocycles. The Kier molecular flexibility index (Phi) is 13.5. The van der Waals surface area contributed by atoms with Crippen LogP contribution in [0.5, 0.6) is 0 Å². The van der Waals surface area contributed by atoms with Crippen LogP contribution in [0.25, 0.3) is 11.1 Å². The van der Waals surface area contributed by atoms with Gasteiger partial charge in [0, 0.05) is 25.2 Å². The standard InChI is InChI=1S/C37H50N2O7/c1-24(2)29(22-35(43)45-23-30-27-16-8-6-14-25(27)26-15-7-9-17-28(26)30)36(44)39-31(18-10-12-20-33(38)41)32(40)19-11-13-21-34(42)46-37(3,4)5/h6-9,14-17,24,29-31H,10-13,18-23H2,1-5H3,(H2,38,41)(H,39,44)/t29-,31-/m0/s1. The molecule has 0 fully saturated rings. The SMILES string of the molecule is CC(C)[C@H](CC(=O)OCC1c2ccccc2-c2ccccc21)C(=O)N[C@@H](CCCCC(N)=O)C(=O)CCCCC(=O)OC(C)(C)C. The number of fused-ring (bicyclic) bond motifs is 3. The molecule has 0 spiro atoms. The van der Waals surface area contributed by atoms with Crippen molar-refractivity contribution in [3.63, 3.8) is 0 Å². The van der Waals surface area contributed by atoms with Crippen molar-refractivity contribution in [2.75, 3.05) is 6.61 Å². The van der Waals surface area contributed by atoms with Gasteiger partial charge in [-0.25, -0.2) is 0 Å². The number of carbonyl (C=O) groups is 5. The molecule has 0 bridgehead atoms. The fourth-order valence-corrected chi connectivity index (χ4v) is 5.86. The number of rotatable bonds is 18. The van der Waals surface area contributed by atoms with Crippen molar-refractivity contribution >= 4 is 29.5 Å². The molecule has 0 aliphatic heterocycles. The molecule has 3 N–H and O–H groups in total. The van der Waals surface area contributed by atoms with Crippen molar-refractivity contribution in [3.05, 3.63) is 59.7 Å². The van der Waals surface area contributed by atoms with E-state index < -0.39 is 29.4 Å². The number of amides is 2. The first-order valence-corrected chi connectivity index (χ1v) is 16.4. The predicted octanol–water partition coefficient (Wildman–Crippen LogP) is 6.01. The first kappa shape index (κ1) is 36.5. The van der Waals surface area contributed by atoms with Crippen molar-refractivity contribution in [3.8, 4) is 11.1 Å². The van der Waals surface area contributed by atoms with E-state index in [2.05, 4.69) is 29.6 Å². The van der Waals surface area contributed by atoms with Crippen LogP contribution >= 0.6 is 0 Å². The number of Topliss-reactive ketones (excluding diaryl/α,β-unsaturated/α-hetero) is 1. The van der Waals surface area contributed by atoms with E-state index in [9.17, 15) is 24.0 Å². The van der Waals surface area contributed by atoms with Crippen LogP contribution in [0.2, 0.25) is 0 Å². The molecule has 0 radical (unpaired) electrons. The summed E-state index contributed by atoms with van der Waals surface area (Å²) in [6.07, 6.45) is 2.80. The zero-order valence-electron chi connectivity index (χ0n) is 27.9. The van der Waals surface area contributed by atoms with Gasteiger partial charge in [0.25, 0.3) is 0 Å². The number of hydrogen-bond donors (Lipinski definition) is 2. The molecule has 2 amide bonds. The third-order valence-electron chi connectivity index (χ3n) is 8.25. The number of hydrogen-bond acceptors (Lipinski definition) is 7. The first-order valence-electron chi connectivity index (χ1n) is 16.4. The molecular weight excluding hydrogens is 584 g/mol. The lowest BCUT2D eigenvalue weighted by molar-refractivity contribution is -0.155. The summed E-state index contributed by atoms with van der Waals surface area (Å²) >= 11 is 0. The van der Waals surface area contributed by atoms with Crippen LogP contribution in [0.3, 0.4) is 0 Å². The molecule has 3 rings (SSSR count). The van der Waals surface area contributed by atoms with Crippen molar-refractivity contribution in [2.24, 2.45) is 17.6 Å². The Morgan fingerprint density at radius 3 is 1.93 bits per heavy atom. The van der Waals surface area contributed by atoms with E-state index in [1.807, 2.05) is 38.1 Å². The number of ether oxygens (including phenoxy) is 2. The minimum atomic E-state index is -0.773. The van der Waals surface area contributed by atoms with Gasteiger partial charge in [0.1, 0.15) is 12.2 Å². The fraction of sp³-hybridized carbons (Fsp3) is 0.541. The summed E-state index contributed by atoms with van der Waals surface area (Å²) in [5.74, 6) is -2.70. The fourth-order valence-electron chi connectivity index (χ4n) is 5.86. The van der Waals surface area contributed by atoms with Gasteiger partial charge in [0.05, 0.1) is 18.4 Å².